The summed E-state index contributed by atoms with van der Waals surface area (Å²) in [7, 11) is 1.65. The molecular weight excluding hydrogens is 435 g/mol. The van der Waals surface area contributed by atoms with Crippen molar-refractivity contribution in [1.82, 2.24) is 5.01 Å². The highest BCUT2D eigenvalue weighted by molar-refractivity contribution is 9.10. The molecule has 0 aromatic heterocycles. The lowest BCUT2D eigenvalue weighted by molar-refractivity contribution is -0.0191. The average Bonchev–Trinajstić information content (AvgIpc) is 3.20. The first kappa shape index (κ1) is 18.2. The fourth-order valence-corrected chi connectivity index (χ4v) is 4.24. The molecule has 2 atom stereocenters. The number of halogens is 2. The van der Waals surface area contributed by atoms with E-state index < -0.39 is 6.23 Å². The fraction of sp³-hybridized carbons (Fsp3) is 0.174. The molecule has 6 heteroatoms. The van der Waals surface area contributed by atoms with Crippen molar-refractivity contribution in [1.29, 1.82) is 0 Å². The van der Waals surface area contributed by atoms with Crippen molar-refractivity contribution in [3.63, 3.8) is 0 Å². The van der Waals surface area contributed by atoms with Crippen molar-refractivity contribution in [2.75, 3.05) is 7.11 Å². The Hall–Kier alpha value is -2.86. The minimum Gasteiger partial charge on any atom is -0.497 e. The number of hydrogen-bond donors (Lipinski definition) is 0. The first-order valence-electron chi connectivity index (χ1n) is 9.34. The molecule has 3 aromatic carbocycles. The summed E-state index contributed by atoms with van der Waals surface area (Å²) in [6, 6.07) is 20.4. The maximum absolute atomic E-state index is 13.5. The molecule has 2 aliphatic heterocycles. The molecule has 0 N–H and O–H groups in total. The molecule has 0 aliphatic carbocycles. The van der Waals surface area contributed by atoms with Gasteiger partial charge in [-0.25, -0.2) is 9.40 Å². The summed E-state index contributed by atoms with van der Waals surface area (Å²) in [6.07, 6.45) is 0.349. The second-order valence-electron chi connectivity index (χ2n) is 7.08. The van der Waals surface area contributed by atoms with Crippen LogP contribution in [0.5, 0.6) is 11.5 Å². The molecule has 2 aliphatic rings. The molecule has 29 heavy (non-hydrogen) atoms. The van der Waals surface area contributed by atoms with Crippen LogP contribution < -0.4 is 9.47 Å². The maximum atomic E-state index is 13.5. The van der Waals surface area contributed by atoms with Gasteiger partial charge in [0.25, 0.3) is 0 Å². The summed E-state index contributed by atoms with van der Waals surface area (Å²) in [5.41, 5.74) is 3.99. The first-order chi connectivity index (χ1) is 14.1. The third kappa shape index (κ3) is 3.27. The molecule has 2 unspecified atom stereocenters. The van der Waals surface area contributed by atoms with Gasteiger partial charge in [-0.05, 0) is 60.2 Å². The molecule has 0 spiro atoms. The van der Waals surface area contributed by atoms with E-state index in [2.05, 4.69) is 22.0 Å². The normalized spacial score (nSPS) is 19.8. The number of methoxy groups -OCH3 is 1. The summed E-state index contributed by atoms with van der Waals surface area (Å²) in [4.78, 5) is 0. The van der Waals surface area contributed by atoms with E-state index in [1.165, 1.54) is 12.1 Å². The van der Waals surface area contributed by atoms with Gasteiger partial charge in [-0.15, -0.1) is 0 Å². The Bertz CT molecular complexity index is 1080. The Labute approximate surface area is 176 Å². The van der Waals surface area contributed by atoms with Crippen LogP contribution in [0.1, 0.15) is 35.4 Å². The van der Waals surface area contributed by atoms with Crippen molar-refractivity contribution in [3.05, 3.63) is 93.7 Å². The van der Waals surface area contributed by atoms with E-state index in [9.17, 15) is 4.39 Å². The fourth-order valence-electron chi connectivity index (χ4n) is 3.86. The topological polar surface area (TPSA) is 34.1 Å². The predicted octanol–water partition coefficient (Wildman–Crippen LogP) is 5.84. The van der Waals surface area contributed by atoms with E-state index >= 15 is 0 Å². The molecule has 5 rings (SSSR count). The largest absolute Gasteiger partial charge is 0.497 e. The third-order valence-corrected chi connectivity index (χ3v) is 5.82. The first-order valence-corrected chi connectivity index (χ1v) is 10.1. The average molecular weight is 453 g/mol. The third-order valence-electron chi connectivity index (χ3n) is 5.33. The SMILES string of the molecule is COc1ccc(C2=NN3C(C2)c2cc(Br)ccc2OC3c2ccc(F)cc2)cc1. The van der Waals surface area contributed by atoms with Crippen LogP contribution in [0.15, 0.2) is 76.3 Å². The molecule has 0 radical (unpaired) electrons. The van der Waals surface area contributed by atoms with Gasteiger partial charge in [0, 0.05) is 22.0 Å². The van der Waals surface area contributed by atoms with Gasteiger partial charge in [0.05, 0.1) is 18.9 Å². The van der Waals surface area contributed by atoms with Gasteiger partial charge in [-0.2, -0.15) is 5.10 Å². The number of hydrazone groups is 1. The zero-order chi connectivity index (χ0) is 20.0. The Morgan fingerprint density at radius 3 is 2.55 bits per heavy atom. The lowest BCUT2D eigenvalue weighted by Crippen LogP contribution is -2.33. The second-order valence-corrected chi connectivity index (χ2v) is 7.99. The van der Waals surface area contributed by atoms with E-state index in [0.717, 1.165) is 44.8 Å². The van der Waals surface area contributed by atoms with Crippen molar-refractivity contribution >= 4 is 21.6 Å². The van der Waals surface area contributed by atoms with Gasteiger partial charge in [0.1, 0.15) is 17.3 Å². The second kappa shape index (κ2) is 7.19. The highest BCUT2D eigenvalue weighted by Crippen LogP contribution is 2.48. The summed E-state index contributed by atoms with van der Waals surface area (Å²) in [5, 5.41) is 6.91. The van der Waals surface area contributed by atoms with Gasteiger partial charge < -0.3 is 9.47 Å². The highest BCUT2D eigenvalue weighted by Gasteiger charge is 2.41. The van der Waals surface area contributed by atoms with Crippen LogP contribution in [0.2, 0.25) is 0 Å². The number of ether oxygens (including phenoxy) is 2. The van der Waals surface area contributed by atoms with E-state index in [-0.39, 0.29) is 11.9 Å². The van der Waals surface area contributed by atoms with Gasteiger partial charge in [0.15, 0.2) is 0 Å². The molecule has 0 saturated heterocycles. The number of benzene rings is 3. The molecule has 0 fully saturated rings. The predicted molar refractivity (Wildman–Crippen MR) is 113 cm³/mol. The van der Waals surface area contributed by atoms with Gasteiger partial charge in [-0.3, -0.25) is 0 Å². The molecule has 4 nitrogen and oxygen atoms in total. The van der Waals surface area contributed by atoms with Crippen LogP contribution in [0.3, 0.4) is 0 Å². The van der Waals surface area contributed by atoms with Gasteiger partial charge in [0.2, 0.25) is 6.23 Å². The van der Waals surface area contributed by atoms with Crippen molar-refractivity contribution < 1.29 is 13.9 Å². The van der Waals surface area contributed by atoms with Crippen molar-refractivity contribution in [3.8, 4) is 11.5 Å². The van der Waals surface area contributed by atoms with Gasteiger partial charge >= 0.3 is 0 Å². The van der Waals surface area contributed by atoms with E-state index in [4.69, 9.17) is 14.6 Å². The van der Waals surface area contributed by atoms with Crippen molar-refractivity contribution in [2.45, 2.75) is 18.7 Å². The Morgan fingerprint density at radius 1 is 1.07 bits per heavy atom. The number of nitrogens with zero attached hydrogens (tertiary/aromatic N) is 2. The summed E-state index contributed by atoms with van der Waals surface area (Å²) < 4.78 is 26.0. The number of hydrogen-bond acceptors (Lipinski definition) is 4. The Morgan fingerprint density at radius 2 is 1.83 bits per heavy atom. The lowest BCUT2D eigenvalue weighted by Gasteiger charge is -2.38. The minimum atomic E-state index is -0.412. The van der Waals surface area contributed by atoms with Crippen LogP contribution in [-0.4, -0.2) is 17.8 Å². The smallest absolute Gasteiger partial charge is 0.213 e. The number of rotatable bonds is 3. The standard InChI is InChI=1S/C23H18BrFN2O2/c1-28-18-9-4-14(5-10-18)20-13-21-19-12-16(24)6-11-22(19)29-23(27(21)26-20)15-2-7-17(25)8-3-15/h2-12,21,23H,13H2,1H3. The minimum absolute atomic E-state index is 0.0448. The van der Waals surface area contributed by atoms with Crippen LogP contribution in [0.25, 0.3) is 0 Å². The molecule has 0 bridgehead atoms. The van der Waals surface area contributed by atoms with Gasteiger partial charge in [-0.1, -0.05) is 28.1 Å². The Balaban J connectivity index is 1.57. The monoisotopic (exact) mass is 452 g/mol. The van der Waals surface area contributed by atoms with Crippen LogP contribution in [0.4, 0.5) is 4.39 Å². The molecular formula is C23H18BrFN2O2. The zero-order valence-corrected chi connectivity index (χ0v) is 17.3. The summed E-state index contributed by atoms with van der Waals surface area (Å²) >= 11 is 3.56. The summed E-state index contributed by atoms with van der Waals surface area (Å²) in [6.45, 7) is 0. The number of fused-ring (bicyclic) bond motifs is 3. The summed E-state index contributed by atoms with van der Waals surface area (Å²) in [5.74, 6) is 1.37. The van der Waals surface area contributed by atoms with Crippen molar-refractivity contribution in [2.24, 2.45) is 5.10 Å². The molecule has 0 amide bonds. The highest BCUT2D eigenvalue weighted by atomic mass is 79.9. The molecule has 146 valence electrons. The maximum Gasteiger partial charge on any atom is 0.213 e. The molecule has 2 heterocycles. The van der Waals surface area contributed by atoms with Crippen LogP contribution in [-0.2, 0) is 0 Å². The van der Waals surface area contributed by atoms with Crippen LogP contribution >= 0.6 is 15.9 Å². The zero-order valence-electron chi connectivity index (χ0n) is 15.7. The van der Waals surface area contributed by atoms with E-state index in [0.29, 0.717) is 0 Å². The van der Waals surface area contributed by atoms with E-state index in [1.54, 1.807) is 19.2 Å². The quantitative estimate of drug-likeness (QED) is 0.500. The van der Waals surface area contributed by atoms with E-state index in [1.807, 2.05) is 41.4 Å². The Kier molecular flexibility index (Phi) is 4.51. The molecule has 0 saturated carbocycles. The molecule has 3 aromatic rings. The lowest BCUT2D eigenvalue weighted by atomic mass is 9.96. The van der Waals surface area contributed by atoms with Crippen LogP contribution in [0, 0.1) is 5.82 Å².